The third-order valence-corrected chi connectivity index (χ3v) is 5.90. The second-order valence-electron chi connectivity index (χ2n) is 6.81. The molecule has 0 aromatic heterocycles. The number of carbonyl (C=O) groups excluding carboxylic acids is 2. The highest BCUT2D eigenvalue weighted by atomic mass is 35.5. The van der Waals surface area contributed by atoms with Crippen LogP contribution in [0.2, 0.25) is 0 Å². The maximum atomic E-state index is 12.3. The molecule has 24 heavy (non-hydrogen) atoms. The number of aliphatic hydroxyl groups is 3. The second kappa shape index (κ2) is 6.78. The maximum Gasteiger partial charge on any atom is 0.339 e. The Morgan fingerprint density at radius 1 is 1.25 bits per heavy atom. The Kier molecular flexibility index (Phi) is 5.49. The highest BCUT2D eigenvalue weighted by molar-refractivity contribution is 6.18. The van der Waals surface area contributed by atoms with Crippen LogP contribution in [0.4, 0.5) is 0 Å². The molecule has 0 radical (unpaired) electrons. The van der Waals surface area contributed by atoms with E-state index in [4.69, 9.17) is 16.3 Å². The number of halogens is 1. The van der Waals surface area contributed by atoms with E-state index in [1.807, 2.05) is 0 Å². The molecule has 4 N–H and O–H groups in total. The van der Waals surface area contributed by atoms with Crippen LogP contribution in [0, 0.1) is 11.8 Å². The van der Waals surface area contributed by atoms with Gasteiger partial charge in [-0.3, -0.25) is 4.79 Å². The summed E-state index contributed by atoms with van der Waals surface area (Å²) in [7, 11) is 0. The second-order valence-corrected chi connectivity index (χ2v) is 7.19. The summed E-state index contributed by atoms with van der Waals surface area (Å²) in [5.74, 6) is -2.36. The number of hydrogen-bond acceptors (Lipinski definition) is 6. The van der Waals surface area contributed by atoms with Gasteiger partial charge in [0.2, 0.25) is 11.4 Å². The van der Waals surface area contributed by atoms with Crippen LogP contribution in [-0.4, -0.2) is 62.5 Å². The third-order valence-electron chi connectivity index (χ3n) is 5.68. The lowest BCUT2D eigenvalue weighted by Crippen LogP contribution is -2.80. The molecular weight excluding hydrogens is 338 g/mol. The number of carbonyl (C=O) groups is 2. The predicted molar refractivity (Wildman–Crippen MR) is 86.3 cm³/mol. The molecule has 2 rings (SSSR count). The Hall–Kier alpha value is -0.890. The first-order chi connectivity index (χ1) is 11.2. The van der Waals surface area contributed by atoms with Crippen LogP contribution in [0.15, 0.2) is 0 Å². The van der Waals surface area contributed by atoms with Gasteiger partial charge in [-0.25, -0.2) is 4.79 Å². The van der Waals surface area contributed by atoms with Crippen molar-refractivity contribution in [2.45, 2.75) is 69.5 Å². The molecule has 2 heterocycles. The van der Waals surface area contributed by atoms with E-state index in [9.17, 15) is 24.9 Å². The van der Waals surface area contributed by atoms with Crippen molar-refractivity contribution in [3.63, 3.8) is 0 Å². The van der Waals surface area contributed by atoms with Crippen molar-refractivity contribution in [3.8, 4) is 0 Å². The molecule has 0 aliphatic carbocycles. The van der Waals surface area contributed by atoms with Gasteiger partial charge in [0.15, 0.2) is 5.60 Å². The van der Waals surface area contributed by atoms with E-state index in [2.05, 4.69) is 5.32 Å². The summed E-state index contributed by atoms with van der Waals surface area (Å²) in [4.78, 5) is 24.6. The van der Waals surface area contributed by atoms with E-state index < -0.39 is 53.2 Å². The fraction of sp³-hybridized carbons (Fsp3) is 0.875. The molecule has 2 saturated heterocycles. The van der Waals surface area contributed by atoms with Crippen molar-refractivity contribution in [1.82, 2.24) is 5.32 Å². The van der Waals surface area contributed by atoms with Crippen LogP contribution in [0.25, 0.3) is 0 Å². The van der Waals surface area contributed by atoms with E-state index in [0.29, 0.717) is 19.3 Å². The summed E-state index contributed by atoms with van der Waals surface area (Å²) in [6, 6.07) is 0. The molecule has 2 aliphatic heterocycles. The van der Waals surface area contributed by atoms with Crippen molar-refractivity contribution in [2.75, 3.05) is 5.88 Å². The van der Waals surface area contributed by atoms with Crippen molar-refractivity contribution < 1.29 is 29.6 Å². The maximum absolute atomic E-state index is 12.3. The van der Waals surface area contributed by atoms with Crippen LogP contribution in [0.1, 0.15) is 40.0 Å². The Bertz CT molecular complexity index is 517. The standard InChI is InChI=1S/C16H26ClNO6/c1-4-8(11(20)10(19)5-2)12(21)16-14(23)24-15(16,3)9(6-7-17)13(22)18-16/h8-12,19-21H,4-7H2,1-3H3,(H,18,22)/t8-,9-,10?,11?,12-,15-,16-/m0/s1. The molecule has 0 saturated carbocycles. The highest BCUT2D eigenvalue weighted by Gasteiger charge is 2.79. The average molecular weight is 364 g/mol. The first-order valence-electron chi connectivity index (χ1n) is 8.36. The summed E-state index contributed by atoms with van der Waals surface area (Å²) >= 11 is 5.75. The Balaban J connectivity index is 2.37. The van der Waals surface area contributed by atoms with E-state index in [1.165, 1.54) is 0 Å². The molecule has 138 valence electrons. The monoisotopic (exact) mass is 363 g/mol. The topological polar surface area (TPSA) is 116 Å². The fourth-order valence-electron chi connectivity index (χ4n) is 4.07. The van der Waals surface area contributed by atoms with E-state index in [0.717, 1.165) is 0 Å². The average Bonchev–Trinajstić information content (AvgIpc) is 2.72. The molecule has 2 unspecified atom stereocenters. The molecule has 1 amide bonds. The molecule has 0 bridgehead atoms. The first-order valence-corrected chi connectivity index (χ1v) is 8.90. The van der Waals surface area contributed by atoms with Gasteiger partial charge < -0.3 is 25.4 Å². The number of rotatable bonds is 8. The lowest BCUT2D eigenvalue weighted by atomic mass is 9.64. The van der Waals surface area contributed by atoms with Gasteiger partial charge in [0.05, 0.1) is 24.2 Å². The Labute approximate surface area is 146 Å². The molecule has 2 aliphatic rings. The van der Waals surface area contributed by atoms with Crippen LogP contribution in [0.5, 0.6) is 0 Å². The normalized spacial score (nSPS) is 36.9. The molecule has 7 atom stereocenters. The summed E-state index contributed by atoms with van der Waals surface area (Å²) in [5, 5.41) is 33.8. The number of ether oxygens (including phenoxy) is 1. The zero-order valence-corrected chi connectivity index (χ0v) is 14.9. The minimum absolute atomic E-state index is 0.214. The third kappa shape index (κ3) is 2.44. The fourth-order valence-corrected chi connectivity index (χ4v) is 4.28. The summed E-state index contributed by atoms with van der Waals surface area (Å²) in [6.45, 7) is 5.05. The zero-order valence-electron chi connectivity index (χ0n) is 14.2. The molecular formula is C16H26ClNO6. The van der Waals surface area contributed by atoms with Gasteiger partial charge in [0.25, 0.3) is 0 Å². The van der Waals surface area contributed by atoms with Gasteiger partial charge in [-0.2, -0.15) is 0 Å². The largest absolute Gasteiger partial charge is 0.453 e. The Morgan fingerprint density at radius 2 is 1.88 bits per heavy atom. The van der Waals surface area contributed by atoms with Gasteiger partial charge >= 0.3 is 5.97 Å². The van der Waals surface area contributed by atoms with Crippen LogP contribution >= 0.6 is 11.6 Å². The summed E-state index contributed by atoms with van der Waals surface area (Å²) in [5.41, 5.74) is -2.84. The van der Waals surface area contributed by atoms with Crippen molar-refractivity contribution in [1.29, 1.82) is 0 Å². The number of fused-ring (bicyclic) bond motifs is 1. The van der Waals surface area contributed by atoms with Crippen molar-refractivity contribution in [2.24, 2.45) is 11.8 Å². The molecule has 7 nitrogen and oxygen atoms in total. The minimum Gasteiger partial charge on any atom is -0.453 e. The van der Waals surface area contributed by atoms with Gasteiger partial charge in [0.1, 0.15) is 0 Å². The number of amides is 1. The number of aliphatic hydroxyl groups excluding tert-OH is 3. The van der Waals surface area contributed by atoms with Crippen LogP contribution in [0.3, 0.4) is 0 Å². The predicted octanol–water partition coefficient (Wildman–Crippen LogP) is -0.0655. The van der Waals surface area contributed by atoms with E-state index >= 15 is 0 Å². The minimum atomic E-state index is -1.62. The number of esters is 1. The molecule has 0 aromatic carbocycles. The van der Waals surface area contributed by atoms with E-state index in [1.54, 1.807) is 20.8 Å². The van der Waals surface area contributed by atoms with E-state index in [-0.39, 0.29) is 5.88 Å². The summed E-state index contributed by atoms with van der Waals surface area (Å²) < 4.78 is 5.29. The quantitative estimate of drug-likeness (QED) is 0.354. The highest BCUT2D eigenvalue weighted by Crippen LogP contribution is 2.53. The van der Waals surface area contributed by atoms with Gasteiger partial charge in [-0.15, -0.1) is 11.6 Å². The first kappa shape index (κ1) is 19.4. The molecule has 8 heteroatoms. The smallest absolute Gasteiger partial charge is 0.339 e. The Morgan fingerprint density at radius 3 is 2.33 bits per heavy atom. The van der Waals surface area contributed by atoms with Gasteiger partial charge in [0, 0.05) is 11.8 Å². The number of nitrogens with one attached hydrogen (secondary N) is 1. The number of alkyl halides is 1. The van der Waals surface area contributed by atoms with Gasteiger partial charge in [-0.05, 0) is 26.2 Å². The van der Waals surface area contributed by atoms with Crippen molar-refractivity contribution >= 4 is 23.5 Å². The van der Waals surface area contributed by atoms with Crippen LogP contribution in [-0.2, 0) is 14.3 Å². The zero-order chi connectivity index (χ0) is 18.3. The van der Waals surface area contributed by atoms with Crippen LogP contribution < -0.4 is 5.32 Å². The molecule has 0 aromatic rings. The molecule has 0 spiro atoms. The molecule has 2 fully saturated rings. The van der Waals surface area contributed by atoms with Crippen molar-refractivity contribution in [3.05, 3.63) is 0 Å². The lowest BCUT2D eigenvalue weighted by molar-refractivity contribution is -0.243. The lowest BCUT2D eigenvalue weighted by Gasteiger charge is -2.55. The van der Waals surface area contributed by atoms with Gasteiger partial charge in [-0.1, -0.05) is 13.8 Å². The summed E-state index contributed by atoms with van der Waals surface area (Å²) in [6.07, 6.45) is -2.69. The number of hydrogen-bond donors (Lipinski definition) is 4. The SMILES string of the molecule is CCC(O)C(O)[C@H](CC)[C@H](O)[C@@]12NC(=O)[C@H](CCCl)[C@]1(C)OC2=O.